The van der Waals surface area contributed by atoms with E-state index in [-0.39, 0.29) is 10.8 Å². The van der Waals surface area contributed by atoms with Crippen molar-refractivity contribution in [3.63, 3.8) is 0 Å². The summed E-state index contributed by atoms with van der Waals surface area (Å²) in [6, 6.07) is 19.3. The van der Waals surface area contributed by atoms with E-state index in [9.17, 15) is 13.2 Å². The van der Waals surface area contributed by atoms with Gasteiger partial charge in [0.1, 0.15) is 0 Å². The second-order valence-electron chi connectivity index (χ2n) is 7.24. The third-order valence-corrected chi connectivity index (χ3v) is 7.20. The van der Waals surface area contributed by atoms with Crippen molar-refractivity contribution < 1.29 is 13.2 Å². The summed E-state index contributed by atoms with van der Waals surface area (Å²) in [6.07, 6.45) is 1.14. The van der Waals surface area contributed by atoms with Gasteiger partial charge in [0.2, 0.25) is 0 Å². The number of aromatic nitrogens is 1. The SMILES string of the molecule is Cc1cc(Cl)cc2sc(N(Cc3ccccc3)C(=O)c3ccc(S(C)(=O)=O)cc3)nc12. The third kappa shape index (κ3) is 4.63. The number of rotatable bonds is 5. The van der Waals surface area contributed by atoms with E-state index >= 15 is 0 Å². The van der Waals surface area contributed by atoms with Gasteiger partial charge in [0, 0.05) is 16.8 Å². The van der Waals surface area contributed by atoms with Gasteiger partial charge in [-0.25, -0.2) is 13.4 Å². The minimum Gasteiger partial charge on any atom is -0.279 e. The summed E-state index contributed by atoms with van der Waals surface area (Å²) < 4.78 is 24.4. The predicted octanol–water partition coefficient (Wildman–Crippen LogP) is 5.51. The molecule has 0 unspecified atom stereocenters. The van der Waals surface area contributed by atoms with Crippen molar-refractivity contribution in [3.05, 3.63) is 88.4 Å². The van der Waals surface area contributed by atoms with Crippen molar-refractivity contribution in [2.24, 2.45) is 0 Å². The molecule has 0 N–H and O–H groups in total. The highest BCUT2D eigenvalue weighted by atomic mass is 35.5. The molecule has 1 aromatic heterocycles. The fourth-order valence-electron chi connectivity index (χ4n) is 3.25. The molecule has 0 bridgehead atoms. The van der Waals surface area contributed by atoms with E-state index in [2.05, 4.69) is 0 Å². The highest BCUT2D eigenvalue weighted by molar-refractivity contribution is 7.90. The molecule has 8 heteroatoms. The molecule has 0 aliphatic carbocycles. The number of thiazole rings is 1. The highest BCUT2D eigenvalue weighted by Crippen LogP contribution is 2.34. The first-order valence-electron chi connectivity index (χ1n) is 9.45. The number of amides is 1. The van der Waals surface area contributed by atoms with E-state index in [4.69, 9.17) is 16.6 Å². The zero-order valence-electron chi connectivity index (χ0n) is 16.9. The van der Waals surface area contributed by atoms with Crippen molar-refractivity contribution in [3.8, 4) is 0 Å². The Morgan fingerprint density at radius 3 is 2.39 bits per heavy atom. The second-order valence-corrected chi connectivity index (χ2v) is 10.7. The molecule has 1 heterocycles. The van der Waals surface area contributed by atoms with Crippen molar-refractivity contribution in [1.29, 1.82) is 0 Å². The van der Waals surface area contributed by atoms with Gasteiger partial charge in [0.15, 0.2) is 15.0 Å². The fourth-order valence-corrected chi connectivity index (χ4v) is 5.30. The van der Waals surface area contributed by atoms with Crippen LogP contribution in [0, 0.1) is 6.92 Å². The maximum Gasteiger partial charge on any atom is 0.260 e. The number of carbonyl (C=O) groups is 1. The molecule has 0 saturated heterocycles. The van der Waals surface area contributed by atoms with Crippen molar-refractivity contribution in [2.45, 2.75) is 18.4 Å². The lowest BCUT2D eigenvalue weighted by atomic mass is 10.1. The Labute approximate surface area is 189 Å². The lowest BCUT2D eigenvalue weighted by Crippen LogP contribution is -2.30. The molecule has 31 heavy (non-hydrogen) atoms. The number of sulfone groups is 1. The van der Waals surface area contributed by atoms with Crippen LogP contribution in [0.1, 0.15) is 21.5 Å². The summed E-state index contributed by atoms with van der Waals surface area (Å²) >= 11 is 7.60. The standard InChI is InChI=1S/C23H19ClN2O3S2/c1-15-12-18(24)13-20-21(15)25-23(30-20)26(14-16-6-4-3-5-7-16)22(27)17-8-10-19(11-9-17)31(2,28)29/h3-13H,14H2,1-2H3. The molecule has 0 spiro atoms. The Morgan fingerprint density at radius 1 is 1.06 bits per heavy atom. The van der Waals surface area contributed by atoms with Gasteiger partial charge in [-0.2, -0.15) is 0 Å². The molecule has 158 valence electrons. The smallest absolute Gasteiger partial charge is 0.260 e. The molecule has 0 saturated carbocycles. The van der Waals surface area contributed by atoms with E-state index in [0.29, 0.717) is 22.3 Å². The van der Waals surface area contributed by atoms with Crippen molar-refractivity contribution in [2.75, 3.05) is 11.2 Å². The van der Waals surface area contributed by atoms with Gasteiger partial charge in [0.25, 0.3) is 5.91 Å². The van der Waals surface area contributed by atoms with Gasteiger partial charge in [-0.3, -0.25) is 9.69 Å². The van der Waals surface area contributed by atoms with Gasteiger partial charge >= 0.3 is 0 Å². The number of anilines is 1. The van der Waals surface area contributed by atoms with Crippen LogP contribution < -0.4 is 4.90 Å². The van der Waals surface area contributed by atoms with Crippen LogP contribution in [0.4, 0.5) is 5.13 Å². The summed E-state index contributed by atoms with van der Waals surface area (Å²) in [4.78, 5) is 20.0. The fraction of sp³-hybridized carbons (Fsp3) is 0.130. The van der Waals surface area contributed by atoms with Gasteiger partial charge in [-0.05, 0) is 54.4 Å². The van der Waals surface area contributed by atoms with Gasteiger partial charge in [0.05, 0.1) is 21.7 Å². The van der Waals surface area contributed by atoms with Crippen molar-refractivity contribution in [1.82, 2.24) is 4.98 Å². The van der Waals surface area contributed by atoms with Crippen LogP contribution in [0.5, 0.6) is 0 Å². The predicted molar refractivity (Wildman–Crippen MR) is 126 cm³/mol. The molecular weight excluding hydrogens is 452 g/mol. The summed E-state index contributed by atoms with van der Waals surface area (Å²) in [7, 11) is -3.34. The molecule has 3 aromatic carbocycles. The second kappa shape index (κ2) is 8.42. The van der Waals surface area contributed by atoms with Crippen molar-refractivity contribution >= 4 is 54.0 Å². The van der Waals surface area contributed by atoms with E-state index in [1.165, 1.54) is 35.6 Å². The number of fused-ring (bicyclic) bond motifs is 1. The Kier molecular flexibility index (Phi) is 5.83. The molecule has 0 atom stereocenters. The minimum atomic E-state index is -3.34. The summed E-state index contributed by atoms with van der Waals surface area (Å²) in [5.41, 5.74) is 3.09. The molecule has 0 aliphatic heterocycles. The Hall–Kier alpha value is -2.74. The van der Waals surface area contributed by atoms with Crippen LogP contribution >= 0.6 is 22.9 Å². The lowest BCUT2D eigenvalue weighted by molar-refractivity contribution is 0.0985. The third-order valence-electron chi connectivity index (χ3n) is 4.83. The maximum atomic E-state index is 13.5. The molecule has 0 aliphatic rings. The van der Waals surface area contributed by atoms with Gasteiger partial charge in [-0.15, -0.1) is 0 Å². The first-order chi connectivity index (χ1) is 14.7. The topological polar surface area (TPSA) is 67.3 Å². The number of carbonyl (C=O) groups excluding carboxylic acids is 1. The average molecular weight is 471 g/mol. The molecule has 4 aromatic rings. The zero-order valence-corrected chi connectivity index (χ0v) is 19.3. The van der Waals surface area contributed by atoms with Crippen LogP contribution in [0.3, 0.4) is 0 Å². The number of benzene rings is 3. The van der Waals surface area contributed by atoms with Gasteiger partial charge < -0.3 is 0 Å². The molecule has 0 fully saturated rings. The Bertz CT molecular complexity index is 1370. The van der Waals surface area contributed by atoms with Crippen LogP contribution in [-0.2, 0) is 16.4 Å². The quantitative estimate of drug-likeness (QED) is 0.385. The highest BCUT2D eigenvalue weighted by Gasteiger charge is 2.23. The average Bonchev–Trinajstić information content (AvgIpc) is 3.16. The largest absolute Gasteiger partial charge is 0.279 e. The van der Waals surface area contributed by atoms with Crippen LogP contribution in [0.25, 0.3) is 10.2 Å². The van der Waals surface area contributed by atoms with Gasteiger partial charge in [-0.1, -0.05) is 53.3 Å². The number of hydrogen-bond acceptors (Lipinski definition) is 5. The molecule has 5 nitrogen and oxygen atoms in total. The zero-order chi connectivity index (χ0) is 22.2. The number of hydrogen-bond donors (Lipinski definition) is 0. The molecule has 1 amide bonds. The monoisotopic (exact) mass is 470 g/mol. The lowest BCUT2D eigenvalue weighted by Gasteiger charge is -2.20. The van der Waals surface area contributed by atoms with E-state index < -0.39 is 9.84 Å². The summed E-state index contributed by atoms with van der Waals surface area (Å²) in [5.74, 6) is -0.258. The molecular formula is C23H19ClN2O3S2. The number of nitrogens with zero attached hydrogens (tertiary/aromatic N) is 2. The normalized spacial score (nSPS) is 11.6. The number of halogens is 1. The van der Waals surface area contributed by atoms with Crippen LogP contribution in [-0.4, -0.2) is 25.6 Å². The van der Waals surface area contributed by atoms with E-state index in [1.807, 2.05) is 49.4 Å². The minimum absolute atomic E-state index is 0.170. The Balaban J connectivity index is 1.77. The van der Waals surface area contributed by atoms with E-state index in [1.54, 1.807) is 4.90 Å². The molecule has 4 rings (SSSR count). The maximum absolute atomic E-state index is 13.5. The summed E-state index contributed by atoms with van der Waals surface area (Å²) in [5, 5.41) is 1.18. The molecule has 0 radical (unpaired) electrons. The Morgan fingerprint density at radius 2 is 1.74 bits per heavy atom. The first-order valence-corrected chi connectivity index (χ1v) is 12.5. The first kappa shape index (κ1) is 21.5. The van der Waals surface area contributed by atoms with Crippen LogP contribution in [0.2, 0.25) is 5.02 Å². The van der Waals surface area contributed by atoms with Crippen LogP contribution in [0.15, 0.2) is 71.6 Å². The summed E-state index contributed by atoms with van der Waals surface area (Å²) in [6.45, 7) is 2.27. The number of aryl methyl sites for hydroxylation is 1. The van der Waals surface area contributed by atoms with E-state index in [0.717, 1.165) is 27.6 Å².